The standard InChI is InChI=1S/C19H22O6/c1-9(2)18(22)24-14-7-10(3)6-13(20)8-11(4)16(21)17-15(14)12(5)19(23)25-17/h6,8,14-17,21H,1,5,7H2,2-4H3/b10-6+,11-8-/t14-,15+,16-,17-/m0/s1. The van der Waals surface area contributed by atoms with Crippen molar-refractivity contribution in [3.63, 3.8) is 0 Å². The van der Waals surface area contributed by atoms with Crippen LogP contribution in [0.1, 0.15) is 27.2 Å². The molecule has 4 atom stereocenters. The third-order valence-electron chi connectivity index (χ3n) is 4.33. The minimum absolute atomic E-state index is 0.135. The van der Waals surface area contributed by atoms with E-state index in [9.17, 15) is 19.5 Å². The van der Waals surface area contributed by atoms with Crippen molar-refractivity contribution in [1.29, 1.82) is 0 Å². The van der Waals surface area contributed by atoms with E-state index >= 15 is 0 Å². The normalized spacial score (nSPS) is 34.2. The van der Waals surface area contributed by atoms with E-state index in [2.05, 4.69) is 13.2 Å². The Hall–Kier alpha value is -2.47. The zero-order valence-corrected chi connectivity index (χ0v) is 14.6. The first-order valence-corrected chi connectivity index (χ1v) is 7.95. The summed E-state index contributed by atoms with van der Waals surface area (Å²) in [5.41, 5.74) is 1.38. The van der Waals surface area contributed by atoms with Gasteiger partial charge < -0.3 is 14.6 Å². The van der Waals surface area contributed by atoms with Gasteiger partial charge in [-0.2, -0.15) is 0 Å². The van der Waals surface area contributed by atoms with Crippen LogP contribution in [0.25, 0.3) is 0 Å². The van der Waals surface area contributed by atoms with Crippen molar-refractivity contribution in [3.05, 3.63) is 47.6 Å². The zero-order valence-electron chi connectivity index (χ0n) is 14.6. The van der Waals surface area contributed by atoms with Gasteiger partial charge in [-0.15, -0.1) is 0 Å². The largest absolute Gasteiger partial charge is 0.458 e. The highest BCUT2D eigenvalue weighted by molar-refractivity contribution is 6.00. The number of aliphatic hydroxyl groups is 1. The Morgan fingerprint density at radius 1 is 1.32 bits per heavy atom. The van der Waals surface area contributed by atoms with Gasteiger partial charge in [-0.25, -0.2) is 9.59 Å². The second kappa shape index (κ2) is 7.19. The van der Waals surface area contributed by atoms with Crippen LogP contribution in [0.15, 0.2) is 47.6 Å². The van der Waals surface area contributed by atoms with Crippen LogP contribution in [0.3, 0.4) is 0 Å². The molecule has 0 aromatic rings. The number of fused-ring (bicyclic) bond motifs is 1. The van der Waals surface area contributed by atoms with Crippen LogP contribution in [-0.4, -0.2) is 41.1 Å². The highest BCUT2D eigenvalue weighted by atomic mass is 16.6. The molecule has 2 rings (SSSR count). The van der Waals surface area contributed by atoms with Gasteiger partial charge in [0, 0.05) is 17.6 Å². The van der Waals surface area contributed by atoms with E-state index in [0.717, 1.165) is 0 Å². The average Bonchev–Trinajstić information content (AvgIpc) is 2.80. The van der Waals surface area contributed by atoms with Crippen LogP contribution in [-0.2, 0) is 23.9 Å². The van der Waals surface area contributed by atoms with Gasteiger partial charge in [0.2, 0.25) is 0 Å². The van der Waals surface area contributed by atoms with Gasteiger partial charge in [-0.3, -0.25) is 4.79 Å². The van der Waals surface area contributed by atoms with Crippen molar-refractivity contribution >= 4 is 17.7 Å². The van der Waals surface area contributed by atoms with E-state index in [1.165, 1.54) is 19.1 Å². The summed E-state index contributed by atoms with van der Waals surface area (Å²) < 4.78 is 10.8. The molecule has 0 amide bonds. The minimum Gasteiger partial charge on any atom is -0.458 e. The monoisotopic (exact) mass is 346 g/mol. The predicted molar refractivity (Wildman–Crippen MR) is 90.3 cm³/mol. The number of hydrogen-bond donors (Lipinski definition) is 1. The van der Waals surface area contributed by atoms with E-state index in [-0.39, 0.29) is 23.4 Å². The number of rotatable bonds is 2. The number of carbonyl (C=O) groups excluding carboxylic acids is 3. The summed E-state index contributed by atoms with van der Waals surface area (Å²) in [6.07, 6.45) is -0.0503. The molecule has 0 spiro atoms. The molecule has 0 unspecified atom stereocenters. The fourth-order valence-electron chi connectivity index (χ4n) is 3.01. The molecule has 0 bridgehead atoms. The predicted octanol–water partition coefficient (Wildman–Crippen LogP) is 1.80. The maximum atomic E-state index is 12.0. The molecule has 1 fully saturated rings. The lowest BCUT2D eigenvalue weighted by molar-refractivity contribution is -0.150. The van der Waals surface area contributed by atoms with E-state index in [4.69, 9.17) is 9.47 Å². The van der Waals surface area contributed by atoms with E-state index in [0.29, 0.717) is 11.1 Å². The van der Waals surface area contributed by atoms with Crippen LogP contribution in [0.2, 0.25) is 0 Å². The summed E-state index contributed by atoms with van der Waals surface area (Å²) in [6.45, 7) is 12.1. The van der Waals surface area contributed by atoms with Gasteiger partial charge in [0.05, 0.1) is 5.92 Å². The zero-order chi connectivity index (χ0) is 18.9. The van der Waals surface area contributed by atoms with Crippen molar-refractivity contribution in [1.82, 2.24) is 0 Å². The Labute approximate surface area is 146 Å². The lowest BCUT2D eigenvalue weighted by Crippen LogP contribution is -2.41. The third-order valence-corrected chi connectivity index (χ3v) is 4.33. The molecule has 1 aliphatic carbocycles. The number of ether oxygens (including phenoxy) is 2. The third kappa shape index (κ3) is 3.96. The van der Waals surface area contributed by atoms with Crippen molar-refractivity contribution in [2.24, 2.45) is 5.92 Å². The maximum absolute atomic E-state index is 12.0. The molecular formula is C19H22O6. The minimum atomic E-state index is -1.20. The van der Waals surface area contributed by atoms with Crippen LogP contribution in [0.4, 0.5) is 0 Å². The topological polar surface area (TPSA) is 89.9 Å². The van der Waals surface area contributed by atoms with Crippen LogP contribution in [0.5, 0.6) is 0 Å². The summed E-state index contributed by atoms with van der Waals surface area (Å²) in [5.74, 6) is -2.27. The second-order valence-electron chi connectivity index (χ2n) is 6.58. The lowest BCUT2D eigenvalue weighted by Gasteiger charge is -2.30. The summed E-state index contributed by atoms with van der Waals surface area (Å²) >= 11 is 0. The molecule has 25 heavy (non-hydrogen) atoms. The Morgan fingerprint density at radius 2 is 1.96 bits per heavy atom. The van der Waals surface area contributed by atoms with Gasteiger partial charge in [0.1, 0.15) is 18.3 Å². The number of hydrogen-bond acceptors (Lipinski definition) is 6. The van der Waals surface area contributed by atoms with Gasteiger partial charge >= 0.3 is 11.9 Å². The first-order chi connectivity index (χ1) is 11.6. The number of allylic oxidation sites excluding steroid dienone is 2. The van der Waals surface area contributed by atoms with Crippen LogP contribution in [0, 0.1) is 5.92 Å². The van der Waals surface area contributed by atoms with Crippen molar-refractivity contribution in [2.45, 2.75) is 45.5 Å². The number of esters is 2. The SMILES string of the molecule is C=C(C)C(=O)O[C@H]1C/C(C)=C/C(=O)/C=C(/C)[C@H](O)[C@H]2OC(=O)C(=C)[C@@H]21. The Morgan fingerprint density at radius 3 is 2.56 bits per heavy atom. The highest BCUT2D eigenvalue weighted by Crippen LogP contribution is 2.37. The van der Waals surface area contributed by atoms with E-state index in [1.54, 1.807) is 13.8 Å². The van der Waals surface area contributed by atoms with Crippen molar-refractivity contribution < 1.29 is 29.0 Å². The molecule has 6 nitrogen and oxygen atoms in total. The molecule has 1 N–H and O–H groups in total. The Kier molecular flexibility index (Phi) is 5.42. The van der Waals surface area contributed by atoms with Crippen LogP contribution < -0.4 is 0 Å². The summed E-state index contributed by atoms with van der Waals surface area (Å²) in [6, 6.07) is 0. The fourth-order valence-corrected chi connectivity index (χ4v) is 3.01. The van der Waals surface area contributed by atoms with Gasteiger partial charge in [0.15, 0.2) is 5.78 Å². The molecule has 1 heterocycles. The number of aliphatic hydroxyl groups excluding tert-OH is 1. The van der Waals surface area contributed by atoms with Crippen LogP contribution >= 0.6 is 0 Å². The smallest absolute Gasteiger partial charge is 0.334 e. The Balaban J connectivity index is 2.50. The van der Waals surface area contributed by atoms with E-state index in [1.807, 2.05) is 0 Å². The maximum Gasteiger partial charge on any atom is 0.334 e. The lowest BCUT2D eigenvalue weighted by atomic mass is 9.83. The molecule has 0 aromatic heterocycles. The Bertz CT molecular complexity index is 711. The van der Waals surface area contributed by atoms with Crippen molar-refractivity contribution in [2.75, 3.05) is 0 Å². The summed E-state index contributed by atoms with van der Waals surface area (Å²) in [7, 11) is 0. The highest BCUT2D eigenvalue weighted by Gasteiger charge is 2.48. The van der Waals surface area contributed by atoms with Gasteiger partial charge in [-0.1, -0.05) is 18.7 Å². The summed E-state index contributed by atoms with van der Waals surface area (Å²) in [4.78, 5) is 36.0. The first-order valence-electron chi connectivity index (χ1n) is 7.95. The molecule has 0 aromatic carbocycles. The fraction of sp³-hybridized carbons (Fsp3) is 0.421. The second-order valence-corrected chi connectivity index (χ2v) is 6.58. The molecular weight excluding hydrogens is 324 g/mol. The number of ketones is 1. The summed E-state index contributed by atoms with van der Waals surface area (Å²) in [5, 5.41) is 10.5. The molecule has 1 saturated heterocycles. The van der Waals surface area contributed by atoms with Gasteiger partial charge in [0.25, 0.3) is 0 Å². The van der Waals surface area contributed by atoms with E-state index < -0.39 is 36.2 Å². The molecule has 6 heteroatoms. The molecule has 134 valence electrons. The quantitative estimate of drug-likeness (QED) is 0.606. The molecule has 0 radical (unpaired) electrons. The molecule has 0 saturated carbocycles. The number of carbonyl (C=O) groups is 3. The average molecular weight is 346 g/mol. The van der Waals surface area contributed by atoms with Gasteiger partial charge in [-0.05, 0) is 38.5 Å². The first kappa shape index (κ1) is 18.9. The molecule has 1 aliphatic heterocycles. The molecule has 2 aliphatic rings. The van der Waals surface area contributed by atoms with Crippen molar-refractivity contribution in [3.8, 4) is 0 Å².